The molecule has 2 nitrogen and oxygen atoms in total. The van der Waals surface area contributed by atoms with Gasteiger partial charge in [0.05, 0.1) is 11.2 Å². The van der Waals surface area contributed by atoms with Crippen LogP contribution in [0.5, 0.6) is 5.75 Å². The second kappa shape index (κ2) is 3.69. The summed E-state index contributed by atoms with van der Waals surface area (Å²) in [6.07, 6.45) is 0.903. The van der Waals surface area contributed by atoms with E-state index in [2.05, 4.69) is 28.4 Å². The zero-order valence-electron chi connectivity index (χ0n) is 7.06. The quantitative estimate of drug-likeness (QED) is 0.501. The fraction of sp³-hybridized carbons (Fsp3) is 0.300. The number of nitrogens with zero attached hydrogens (tertiary/aromatic N) is 1. The van der Waals surface area contributed by atoms with E-state index in [0.717, 1.165) is 12.2 Å². The van der Waals surface area contributed by atoms with Crippen LogP contribution in [0.25, 0.3) is 0 Å². The maximum atomic E-state index is 5.51. The van der Waals surface area contributed by atoms with Crippen molar-refractivity contribution in [3.63, 3.8) is 0 Å². The Balaban J connectivity index is 2.24. The highest BCUT2D eigenvalue weighted by molar-refractivity contribution is 7.78. The van der Waals surface area contributed by atoms with Gasteiger partial charge in [-0.1, -0.05) is 18.2 Å². The van der Waals surface area contributed by atoms with Gasteiger partial charge in [0.1, 0.15) is 12.4 Å². The van der Waals surface area contributed by atoms with Crippen molar-refractivity contribution in [1.29, 1.82) is 0 Å². The minimum absolute atomic E-state index is 0.146. The Labute approximate surface area is 82.3 Å². The Bertz CT molecular complexity index is 358. The third-order valence-corrected chi connectivity index (χ3v) is 2.20. The number of hydrogen-bond donors (Lipinski definition) is 0. The molecule has 1 atom stereocenters. The summed E-state index contributed by atoms with van der Waals surface area (Å²) in [5, 5.41) is 2.40. The van der Waals surface area contributed by atoms with E-state index in [4.69, 9.17) is 4.74 Å². The minimum Gasteiger partial charge on any atom is -0.491 e. The second-order valence-corrected chi connectivity index (χ2v) is 3.18. The molecule has 1 unspecified atom stereocenters. The fourth-order valence-electron chi connectivity index (χ4n) is 1.47. The molecule has 0 bridgehead atoms. The molecule has 0 fully saturated rings. The van der Waals surface area contributed by atoms with E-state index in [0.29, 0.717) is 6.61 Å². The van der Waals surface area contributed by atoms with E-state index in [1.807, 2.05) is 18.2 Å². The number of para-hydroxylation sites is 1. The molecule has 0 saturated heterocycles. The summed E-state index contributed by atoms with van der Waals surface area (Å²) in [6, 6.07) is 8.16. The lowest BCUT2D eigenvalue weighted by Gasteiger charge is -2.21. The topological polar surface area (TPSA) is 21.6 Å². The van der Waals surface area contributed by atoms with Crippen molar-refractivity contribution in [3.8, 4) is 5.75 Å². The van der Waals surface area contributed by atoms with Crippen LogP contribution in [0.1, 0.15) is 5.56 Å². The van der Waals surface area contributed by atoms with Crippen LogP contribution in [0.2, 0.25) is 0 Å². The van der Waals surface area contributed by atoms with E-state index in [9.17, 15) is 0 Å². The molecule has 1 aliphatic heterocycles. The summed E-state index contributed by atoms with van der Waals surface area (Å²) in [6.45, 7) is 0.612. The van der Waals surface area contributed by atoms with Gasteiger partial charge in [-0.25, -0.2) is 4.99 Å². The number of hydrogen-bond acceptors (Lipinski definition) is 3. The number of isothiocyanates is 1. The van der Waals surface area contributed by atoms with Crippen LogP contribution >= 0.6 is 12.2 Å². The number of ether oxygens (including phenoxy) is 1. The van der Waals surface area contributed by atoms with Crippen molar-refractivity contribution < 1.29 is 4.74 Å². The van der Waals surface area contributed by atoms with Gasteiger partial charge in [-0.2, -0.15) is 0 Å². The van der Waals surface area contributed by atoms with Gasteiger partial charge in [0, 0.05) is 6.42 Å². The SMILES string of the molecule is S=C=NC1COc2ccccc2C1. The zero-order valence-corrected chi connectivity index (χ0v) is 7.88. The highest BCUT2D eigenvalue weighted by Crippen LogP contribution is 2.24. The lowest BCUT2D eigenvalue weighted by molar-refractivity contribution is 0.265. The van der Waals surface area contributed by atoms with Gasteiger partial charge in [0.2, 0.25) is 0 Å². The summed E-state index contributed by atoms with van der Waals surface area (Å²) >= 11 is 4.56. The molecule has 0 radical (unpaired) electrons. The normalized spacial score (nSPS) is 19.5. The van der Waals surface area contributed by atoms with Crippen LogP contribution in [0.3, 0.4) is 0 Å². The molecule has 66 valence electrons. The van der Waals surface area contributed by atoms with Crippen molar-refractivity contribution >= 4 is 17.4 Å². The first-order chi connectivity index (χ1) is 6.40. The van der Waals surface area contributed by atoms with Gasteiger partial charge < -0.3 is 4.74 Å². The van der Waals surface area contributed by atoms with Gasteiger partial charge in [-0.05, 0) is 23.8 Å². The largest absolute Gasteiger partial charge is 0.491 e. The lowest BCUT2D eigenvalue weighted by atomic mass is 10.0. The summed E-state index contributed by atoms with van der Waals surface area (Å²) < 4.78 is 5.51. The third-order valence-electron chi connectivity index (χ3n) is 2.09. The van der Waals surface area contributed by atoms with Crippen LogP contribution in [-0.2, 0) is 6.42 Å². The van der Waals surface area contributed by atoms with E-state index < -0.39 is 0 Å². The summed E-state index contributed by atoms with van der Waals surface area (Å²) in [7, 11) is 0. The fourth-order valence-corrected chi connectivity index (χ4v) is 1.62. The minimum atomic E-state index is 0.146. The molecule has 13 heavy (non-hydrogen) atoms. The molecule has 2 rings (SSSR count). The zero-order chi connectivity index (χ0) is 9.10. The van der Waals surface area contributed by atoms with Gasteiger partial charge in [0.15, 0.2) is 0 Å². The first-order valence-electron chi connectivity index (χ1n) is 4.18. The van der Waals surface area contributed by atoms with E-state index in [-0.39, 0.29) is 6.04 Å². The van der Waals surface area contributed by atoms with Crippen molar-refractivity contribution in [2.75, 3.05) is 6.61 Å². The highest BCUT2D eigenvalue weighted by Gasteiger charge is 2.17. The molecule has 1 heterocycles. The predicted octanol–water partition coefficient (Wildman–Crippen LogP) is 2.09. The molecule has 0 amide bonds. The van der Waals surface area contributed by atoms with Gasteiger partial charge in [-0.3, -0.25) is 0 Å². The highest BCUT2D eigenvalue weighted by atomic mass is 32.1. The Morgan fingerprint density at radius 3 is 3.15 bits per heavy atom. The van der Waals surface area contributed by atoms with Crippen molar-refractivity contribution in [3.05, 3.63) is 29.8 Å². The first-order valence-corrected chi connectivity index (χ1v) is 4.58. The van der Waals surface area contributed by atoms with E-state index in [1.165, 1.54) is 5.56 Å². The summed E-state index contributed by atoms with van der Waals surface area (Å²) in [5.74, 6) is 0.971. The molecule has 1 aliphatic rings. The van der Waals surface area contributed by atoms with Crippen molar-refractivity contribution in [2.24, 2.45) is 4.99 Å². The summed E-state index contributed by atoms with van der Waals surface area (Å²) in [4.78, 5) is 4.02. The van der Waals surface area contributed by atoms with Crippen LogP contribution in [0, 0.1) is 0 Å². The molecule has 0 saturated carbocycles. The lowest BCUT2D eigenvalue weighted by Crippen LogP contribution is -2.23. The smallest absolute Gasteiger partial charge is 0.122 e. The second-order valence-electron chi connectivity index (χ2n) is 3.00. The number of aliphatic imine (C=N–C) groups is 1. The summed E-state index contributed by atoms with van der Waals surface area (Å²) in [5.41, 5.74) is 1.20. The number of rotatable bonds is 1. The van der Waals surface area contributed by atoms with Crippen LogP contribution in [-0.4, -0.2) is 17.8 Å². The van der Waals surface area contributed by atoms with Crippen molar-refractivity contribution in [1.82, 2.24) is 0 Å². The molecule has 0 spiro atoms. The van der Waals surface area contributed by atoms with Gasteiger partial charge >= 0.3 is 0 Å². The molecule has 3 heteroatoms. The molecular formula is C10H9NOS. The monoisotopic (exact) mass is 191 g/mol. The average Bonchev–Trinajstić information content (AvgIpc) is 2.18. The van der Waals surface area contributed by atoms with Crippen molar-refractivity contribution in [2.45, 2.75) is 12.5 Å². The molecule has 0 aromatic heterocycles. The molecular weight excluding hydrogens is 182 g/mol. The first kappa shape index (κ1) is 8.42. The Morgan fingerprint density at radius 1 is 1.46 bits per heavy atom. The molecule has 1 aromatic carbocycles. The number of benzene rings is 1. The Morgan fingerprint density at radius 2 is 2.31 bits per heavy atom. The van der Waals surface area contributed by atoms with Crippen LogP contribution < -0.4 is 4.74 Å². The van der Waals surface area contributed by atoms with Gasteiger partial charge in [0.25, 0.3) is 0 Å². The van der Waals surface area contributed by atoms with E-state index >= 15 is 0 Å². The predicted molar refractivity (Wildman–Crippen MR) is 54.5 cm³/mol. The maximum Gasteiger partial charge on any atom is 0.122 e. The molecule has 1 aromatic rings. The maximum absolute atomic E-state index is 5.51. The Kier molecular flexibility index (Phi) is 2.39. The standard InChI is InChI=1S/C10H9NOS/c13-7-11-9-5-8-3-1-2-4-10(8)12-6-9/h1-4,9H,5-6H2. The number of fused-ring (bicyclic) bond motifs is 1. The third kappa shape index (κ3) is 1.77. The molecule has 0 N–H and O–H groups in total. The molecule has 0 aliphatic carbocycles. The number of thiocarbonyl (C=S) groups is 1. The van der Waals surface area contributed by atoms with Crippen LogP contribution in [0.15, 0.2) is 29.3 Å². The van der Waals surface area contributed by atoms with E-state index in [1.54, 1.807) is 0 Å². The van der Waals surface area contributed by atoms with Gasteiger partial charge in [-0.15, -0.1) is 0 Å². The average molecular weight is 191 g/mol. The van der Waals surface area contributed by atoms with Crippen LogP contribution in [0.4, 0.5) is 0 Å². The Hall–Kier alpha value is -1.18.